The number of nitrogens with zero attached hydrogens (tertiary/aromatic N) is 4. The van der Waals surface area contributed by atoms with Crippen LogP contribution in [0.5, 0.6) is 0 Å². The maximum absolute atomic E-state index is 12.3. The number of aliphatic imine (C=N–C) groups is 1. The van der Waals surface area contributed by atoms with E-state index in [1.165, 1.54) is 25.8 Å². The Labute approximate surface area is 181 Å². The van der Waals surface area contributed by atoms with Crippen molar-refractivity contribution in [1.82, 2.24) is 20.0 Å². The van der Waals surface area contributed by atoms with Gasteiger partial charge in [0, 0.05) is 51.2 Å². The molecule has 0 radical (unpaired) electrons. The molecule has 0 aromatic rings. The molecule has 3 rings (SSSR count). The van der Waals surface area contributed by atoms with Gasteiger partial charge in [0.2, 0.25) is 5.91 Å². The number of halogens is 1. The minimum atomic E-state index is 0. The summed E-state index contributed by atoms with van der Waals surface area (Å²) in [5, 5.41) is 3.24. The highest BCUT2D eigenvalue weighted by molar-refractivity contribution is 14.0. The molecule has 2 saturated heterocycles. The van der Waals surface area contributed by atoms with Crippen LogP contribution in [0.4, 0.5) is 0 Å². The molecule has 8 heteroatoms. The van der Waals surface area contributed by atoms with Crippen molar-refractivity contribution in [2.75, 3.05) is 58.9 Å². The van der Waals surface area contributed by atoms with E-state index in [2.05, 4.69) is 31.9 Å². The summed E-state index contributed by atoms with van der Waals surface area (Å²) < 4.78 is 0. The molecule has 7 nitrogen and oxygen atoms in total. The van der Waals surface area contributed by atoms with Gasteiger partial charge in [-0.15, -0.1) is 24.0 Å². The number of carbonyl (C=O) groups excluding carboxylic acids is 1. The molecule has 0 bridgehead atoms. The van der Waals surface area contributed by atoms with E-state index in [4.69, 9.17) is 5.73 Å². The van der Waals surface area contributed by atoms with Crippen molar-refractivity contribution in [3.63, 3.8) is 0 Å². The van der Waals surface area contributed by atoms with Crippen molar-refractivity contribution in [3.8, 4) is 0 Å². The number of hydrogen-bond acceptors (Lipinski definition) is 4. The topological polar surface area (TPSA) is 77.2 Å². The molecule has 0 aromatic heterocycles. The van der Waals surface area contributed by atoms with Crippen molar-refractivity contribution in [2.45, 2.75) is 45.1 Å². The smallest absolute Gasteiger partial charge is 0.225 e. The van der Waals surface area contributed by atoms with Crippen LogP contribution in [0.1, 0.15) is 39.0 Å². The van der Waals surface area contributed by atoms with E-state index in [0.717, 1.165) is 65.2 Å². The molecule has 2 aliphatic heterocycles. The number of hydrogen-bond donors (Lipinski definition) is 2. The van der Waals surface area contributed by atoms with Crippen LogP contribution in [-0.4, -0.2) is 91.5 Å². The van der Waals surface area contributed by atoms with Crippen molar-refractivity contribution in [3.05, 3.63) is 0 Å². The van der Waals surface area contributed by atoms with Gasteiger partial charge in [0.15, 0.2) is 5.96 Å². The van der Waals surface area contributed by atoms with Crippen LogP contribution in [-0.2, 0) is 4.79 Å². The van der Waals surface area contributed by atoms with Gasteiger partial charge in [0.1, 0.15) is 0 Å². The molecule has 0 aromatic carbocycles. The van der Waals surface area contributed by atoms with Crippen LogP contribution in [0.2, 0.25) is 0 Å². The largest absolute Gasteiger partial charge is 0.370 e. The Bertz CT molecular complexity index is 491. The molecule has 0 spiro atoms. The van der Waals surface area contributed by atoms with Gasteiger partial charge in [-0.2, -0.15) is 0 Å². The van der Waals surface area contributed by atoms with E-state index in [1.54, 1.807) is 0 Å². The number of nitrogens with two attached hydrogens (primary N) is 1. The van der Waals surface area contributed by atoms with Gasteiger partial charge < -0.3 is 16.0 Å². The highest BCUT2D eigenvalue weighted by atomic mass is 127. The summed E-state index contributed by atoms with van der Waals surface area (Å²) in [6, 6.07) is 0.557. The first kappa shape index (κ1) is 22.7. The molecule has 1 unspecified atom stereocenters. The van der Waals surface area contributed by atoms with Crippen LogP contribution in [0, 0.1) is 5.92 Å². The van der Waals surface area contributed by atoms with Gasteiger partial charge in [0.25, 0.3) is 0 Å². The minimum absolute atomic E-state index is 0. The van der Waals surface area contributed by atoms with E-state index in [9.17, 15) is 4.79 Å². The molecule has 156 valence electrons. The number of rotatable bonds is 7. The van der Waals surface area contributed by atoms with Gasteiger partial charge in [-0.25, -0.2) is 0 Å². The van der Waals surface area contributed by atoms with Crippen molar-refractivity contribution in [1.29, 1.82) is 0 Å². The Kier molecular flexibility index (Phi) is 9.58. The number of likely N-dealkylation sites (tertiary alicyclic amines) is 1. The van der Waals surface area contributed by atoms with Crippen LogP contribution in [0.15, 0.2) is 4.99 Å². The number of nitrogens with one attached hydrogen (secondary N) is 1. The fourth-order valence-corrected chi connectivity index (χ4v) is 4.23. The third kappa shape index (κ3) is 6.45. The SMILES string of the molecule is CCN1CCCC1CN=C(N)NCCN1CCN(C(=O)C2CCC2)CC1.I. The summed E-state index contributed by atoms with van der Waals surface area (Å²) in [5.74, 6) is 1.27. The fraction of sp³-hybridized carbons (Fsp3) is 0.895. The second kappa shape index (κ2) is 11.4. The number of likely N-dealkylation sites (N-methyl/N-ethyl adjacent to an activating group) is 1. The maximum atomic E-state index is 12.3. The predicted molar refractivity (Wildman–Crippen MR) is 121 cm³/mol. The maximum Gasteiger partial charge on any atom is 0.225 e. The molecule has 3 fully saturated rings. The summed E-state index contributed by atoms with van der Waals surface area (Å²) in [4.78, 5) is 23.8. The van der Waals surface area contributed by atoms with Crippen molar-refractivity contribution < 1.29 is 4.79 Å². The number of piperazine rings is 1. The van der Waals surface area contributed by atoms with E-state index < -0.39 is 0 Å². The Hall–Kier alpha value is -0.610. The monoisotopic (exact) mass is 492 g/mol. The highest BCUT2D eigenvalue weighted by Crippen LogP contribution is 2.28. The third-order valence-corrected chi connectivity index (χ3v) is 6.25. The molecule has 27 heavy (non-hydrogen) atoms. The van der Waals surface area contributed by atoms with Gasteiger partial charge in [-0.05, 0) is 38.8 Å². The van der Waals surface area contributed by atoms with Crippen molar-refractivity contribution >= 4 is 35.8 Å². The molecule has 1 amide bonds. The summed E-state index contributed by atoms with van der Waals surface area (Å²) in [7, 11) is 0. The van der Waals surface area contributed by atoms with Gasteiger partial charge >= 0.3 is 0 Å². The summed E-state index contributed by atoms with van der Waals surface area (Å²) in [6.07, 6.45) is 5.92. The Morgan fingerprint density at radius 2 is 1.85 bits per heavy atom. The summed E-state index contributed by atoms with van der Waals surface area (Å²) >= 11 is 0. The predicted octanol–water partition coefficient (Wildman–Crippen LogP) is 0.937. The number of amides is 1. The average molecular weight is 492 g/mol. The minimum Gasteiger partial charge on any atom is -0.370 e. The van der Waals surface area contributed by atoms with Gasteiger partial charge in [0.05, 0.1) is 6.54 Å². The molecule has 3 aliphatic rings. The lowest BCUT2D eigenvalue weighted by Crippen LogP contribution is -2.52. The lowest BCUT2D eigenvalue weighted by Gasteiger charge is -2.38. The quantitative estimate of drug-likeness (QED) is 0.314. The van der Waals surface area contributed by atoms with Crippen LogP contribution < -0.4 is 11.1 Å². The molecular weight excluding hydrogens is 455 g/mol. The molecule has 1 atom stereocenters. The standard InChI is InChI=1S/C19H36N6O.HI/c1-2-24-9-4-7-17(24)15-22-19(20)21-8-10-23-11-13-25(14-12-23)18(26)16-5-3-6-16;/h16-17H,2-15H2,1H3,(H3,20,21,22);1H. The van der Waals surface area contributed by atoms with Gasteiger partial charge in [-0.3, -0.25) is 19.6 Å². The fourth-order valence-electron chi connectivity index (χ4n) is 4.23. The zero-order valence-electron chi connectivity index (χ0n) is 16.7. The number of carbonyl (C=O) groups is 1. The molecule has 1 aliphatic carbocycles. The van der Waals surface area contributed by atoms with Crippen LogP contribution in [0.3, 0.4) is 0 Å². The Morgan fingerprint density at radius 1 is 1.11 bits per heavy atom. The molecule has 2 heterocycles. The van der Waals surface area contributed by atoms with Gasteiger partial charge in [-0.1, -0.05) is 13.3 Å². The Balaban J connectivity index is 0.00000261. The highest BCUT2D eigenvalue weighted by Gasteiger charge is 2.31. The summed E-state index contributed by atoms with van der Waals surface area (Å²) in [6.45, 7) is 10.7. The van der Waals surface area contributed by atoms with E-state index in [1.807, 2.05) is 0 Å². The first-order chi connectivity index (χ1) is 12.7. The summed E-state index contributed by atoms with van der Waals surface area (Å²) in [5.41, 5.74) is 6.02. The normalized spacial score (nSPS) is 25.1. The zero-order valence-corrected chi connectivity index (χ0v) is 19.1. The lowest BCUT2D eigenvalue weighted by atomic mass is 9.84. The van der Waals surface area contributed by atoms with Crippen molar-refractivity contribution in [2.24, 2.45) is 16.6 Å². The molecule has 1 saturated carbocycles. The van der Waals surface area contributed by atoms with E-state index in [-0.39, 0.29) is 24.0 Å². The molecular formula is C19H37IN6O. The second-order valence-electron chi connectivity index (χ2n) is 7.87. The Morgan fingerprint density at radius 3 is 2.48 bits per heavy atom. The second-order valence-corrected chi connectivity index (χ2v) is 7.87. The van der Waals surface area contributed by atoms with E-state index in [0.29, 0.717) is 23.8 Å². The van der Waals surface area contributed by atoms with E-state index >= 15 is 0 Å². The van der Waals surface area contributed by atoms with Crippen LogP contribution >= 0.6 is 24.0 Å². The first-order valence-corrected chi connectivity index (χ1v) is 10.5. The van der Waals surface area contributed by atoms with Crippen LogP contribution in [0.25, 0.3) is 0 Å². The lowest BCUT2D eigenvalue weighted by molar-refractivity contribution is -0.139. The third-order valence-electron chi connectivity index (χ3n) is 6.25. The zero-order chi connectivity index (χ0) is 18.4. The molecule has 3 N–H and O–H groups in total. The number of guanidine groups is 1. The average Bonchev–Trinajstić information content (AvgIpc) is 3.06. The first-order valence-electron chi connectivity index (χ1n) is 10.5.